The number of likely N-dealkylation sites (tertiary alicyclic amines) is 1. The number of carbonyl (C=O) groups excluding carboxylic acids is 1. The lowest BCUT2D eigenvalue weighted by atomic mass is 10.1. The van der Waals surface area contributed by atoms with Crippen molar-refractivity contribution in [3.8, 4) is 5.69 Å². The summed E-state index contributed by atoms with van der Waals surface area (Å²) in [5.74, 6) is -0.469. The minimum Gasteiger partial charge on any atom is -0.393 e. The molecule has 0 aliphatic carbocycles. The Bertz CT molecular complexity index is 742. The summed E-state index contributed by atoms with van der Waals surface area (Å²) < 4.78 is 15.0. The highest BCUT2D eigenvalue weighted by Crippen LogP contribution is 2.24. The molecule has 3 rings (SSSR count). The van der Waals surface area contributed by atoms with E-state index in [1.165, 1.54) is 12.1 Å². The highest BCUT2D eigenvalue weighted by atomic mass is 19.1. The predicted molar refractivity (Wildman–Crippen MR) is 88.6 cm³/mol. The van der Waals surface area contributed by atoms with Crippen LogP contribution in [-0.4, -0.2) is 44.4 Å². The Labute approximate surface area is 140 Å². The van der Waals surface area contributed by atoms with Gasteiger partial charge in [0.15, 0.2) is 5.69 Å². The molecule has 1 aliphatic rings. The summed E-state index contributed by atoms with van der Waals surface area (Å²) in [5.41, 5.74) is 1.72. The molecule has 1 aromatic carbocycles. The quantitative estimate of drug-likeness (QED) is 0.937. The van der Waals surface area contributed by atoms with Gasteiger partial charge in [0.25, 0.3) is 5.91 Å². The molecule has 2 atom stereocenters. The molecule has 0 spiro atoms. The van der Waals surface area contributed by atoms with Gasteiger partial charge in [0, 0.05) is 18.3 Å². The maximum atomic E-state index is 13.4. The van der Waals surface area contributed by atoms with Crippen LogP contribution in [-0.2, 0) is 0 Å². The van der Waals surface area contributed by atoms with Crippen molar-refractivity contribution in [2.24, 2.45) is 0 Å². The van der Waals surface area contributed by atoms with E-state index in [1.54, 1.807) is 34.7 Å². The van der Waals surface area contributed by atoms with E-state index in [9.17, 15) is 14.3 Å². The molecule has 1 N–H and O–H groups in total. The van der Waals surface area contributed by atoms with Crippen molar-refractivity contribution in [1.82, 2.24) is 14.7 Å². The average molecular weight is 331 g/mol. The fourth-order valence-corrected chi connectivity index (χ4v) is 3.34. The average Bonchev–Trinajstić information content (AvgIpc) is 3.12. The number of benzene rings is 1. The number of hydrogen-bond acceptors (Lipinski definition) is 3. The molecule has 1 aliphatic heterocycles. The molecule has 0 bridgehead atoms. The Morgan fingerprint density at radius 1 is 1.46 bits per heavy atom. The predicted octanol–water partition coefficient (Wildman–Crippen LogP) is 2.70. The first kappa shape index (κ1) is 16.6. The van der Waals surface area contributed by atoms with Crippen molar-refractivity contribution in [2.45, 2.75) is 45.3 Å². The zero-order valence-corrected chi connectivity index (χ0v) is 13.9. The Morgan fingerprint density at radius 2 is 2.25 bits per heavy atom. The Morgan fingerprint density at radius 3 is 2.96 bits per heavy atom. The van der Waals surface area contributed by atoms with E-state index in [1.807, 2.05) is 6.92 Å². The van der Waals surface area contributed by atoms with Crippen molar-refractivity contribution in [3.05, 3.63) is 47.5 Å². The molecule has 2 aromatic rings. The Hall–Kier alpha value is -2.21. The third-order valence-corrected chi connectivity index (χ3v) is 4.41. The molecule has 1 saturated heterocycles. The number of halogens is 1. The van der Waals surface area contributed by atoms with Crippen LogP contribution in [0.2, 0.25) is 0 Å². The first-order valence-corrected chi connectivity index (χ1v) is 8.27. The SMILES string of the molecule is Cc1cc(C(=O)N2CCCC2CC(C)O)nn1-c1cccc(F)c1. The van der Waals surface area contributed by atoms with Gasteiger partial charge in [-0.3, -0.25) is 4.79 Å². The van der Waals surface area contributed by atoms with E-state index in [0.29, 0.717) is 24.3 Å². The molecule has 2 unspecified atom stereocenters. The van der Waals surface area contributed by atoms with E-state index in [2.05, 4.69) is 5.10 Å². The van der Waals surface area contributed by atoms with Gasteiger partial charge in [-0.1, -0.05) is 6.07 Å². The first-order chi connectivity index (χ1) is 11.5. The van der Waals surface area contributed by atoms with Crippen molar-refractivity contribution < 1.29 is 14.3 Å². The number of aromatic nitrogens is 2. The summed E-state index contributed by atoms with van der Waals surface area (Å²) in [5, 5.41) is 14.0. The maximum Gasteiger partial charge on any atom is 0.274 e. The second kappa shape index (κ2) is 6.73. The van der Waals surface area contributed by atoms with E-state index < -0.39 is 6.10 Å². The van der Waals surface area contributed by atoms with Crippen molar-refractivity contribution >= 4 is 5.91 Å². The van der Waals surface area contributed by atoms with Crippen LogP contribution >= 0.6 is 0 Å². The number of amides is 1. The van der Waals surface area contributed by atoms with Crippen LogP contribution in [0, 0.1) is 12.7 Å². The van der Waals surface area contributed by atoms with E-state index >= 15 is 0 Å². The topological polar surface area (TPSA) is 58.4 Å². The van der Waals surface area contributed by atoms with Gasteiger partial charge in [-0.15, -0.1) is 0 Å². The summed E-state index contributed by atoms with van der Waals surface area (Å²) >= 11 is 0. The number of nitrogens with zero attached hydrogens (tertiary/aromatic N) is 3. The molecule has 1 aromatic heterocycles. The van der Waals surface area contributed by atoms with Gasteiger partial charge in [0.2, 0.25) is 0 Å². The van der Waals surface area contributed by atoms with E-state index in [-0.39, 0.29) is 17.8 Å². The zero-order valence-electron chi connectivity index (χ0n) is 13.9. The lowest BCUT2D eigenvalue weighted by Crippen LogP contribution is -2.37. The van der Waals surface area contributed by atoms with Gasteiger partial charge in [-0.25, -0.2) is 9.07 Å². The largest absolute Gasteiger partial charge is 0.393 e. The fourth-order valence-electron chi connectivity index (χ4n) is 3.34. The Balaban J connectivity index is 1.85. The standard InChI is InChI=1S/C18H22FN3O2/c1-12-9-17(20-22(12)16-6-3-5-14(19)11-16)18(24)21-8-4-7-15(21)10-13(2)23/h3,5-6,9,11,13,15,23H,4,7-8,10H2,1-2H3. The minimum absolute atomic E-state index is 0.0529. The molecule has 5 nitrogen and oxygen atoms in total. The van der Waals surface area contributed by atoms with Gasteiger partial charge >= 0.3 is 0 Å². The number of hydrogen-bond donors (Lipinski definition) is 1. The van der Waals surface area contributed by atoms with Crippen LogP contribution in [0.3, 0.4) is 0 Å². The summed E-state index contributed by atoms with van der Waals surface area (Å²) in [7, 11) is 0. The molecular formula is C18H22FN3O2. The molecule has 1 fully saturated rings. The summed E-state index contributed by atoms with van der Waals surface area (Å²) in [6.07, 6.45) is 1.98. The van der Waals surface area contributed by atoms with Gasteiger partial charge in [0.05, 0.1) is 11.8 Å². The van der Waals surface area contributed by atoms with Crippen molar-refractivity contribution in [1.29, 1.82) is 0 Å². The second-order valence-electron chi connectivity index (χ2n) is 6.44. The summed E-state index contributed by atoms with van der Waals surface area (Å²) in [6.45, 7) is 4.26. The normalized spacial score (nSPS) is 18.8. The van der Waals surface area contributed by atoms with Crippen LogP contribution in [0.5, 0.6) is 0 Å². The van der Waals surface area contributed by atoms with Gasteiger partial charge in [0.1, 0.15) is 5.82 Å². The van der Waals surface area contributed by atoms with Crippen LogP contribution in [0.1, 0.15) is 42.4 Å². The van der Waals surface area contributed by atoms with Gasteiger partial charge in [-0.2, -0.15) is 5.10 Å². The zero-order chi connectivity index (χ0) is 17.3. The molecule has 128 valence electrons. The molecule has 24 heavy (non-hydrogen) atoms. The molecular weight excluding hydrogens is 309 g/mol. The first-order valence-electron chi connectivity index (χ1n) is 8.27. The summed E-state index contributed by atoms with van der Waals surface area (Å²) in [4.78, 5) is 14.6. The molecule has 0 saturated carbocycles. The Kier molecular flexibility index (Phi) is 4.66. The van der Waals surface area contributed by atoms with Crippen LogP contribution in [0.15, 0.2) is 30.3 Å². The number of carbonyl (C=O) groups is 1. The number of rotatable bonds is 4. The van der Waals surface area contributed by atoms with E-state index in [4.69, 9.17) is 0 Å². The van der Waals surface area contributed by atoms with Crippen molar-refractivity contribution in [3.63, 3.8) is 0 Å². The number of aryl methyl sites for hydroxylation is 1. The van der Waals surface area contributed by atoms with Crippen LogP contribution < -0.4 is 0 Å². The highest BCUT2D eigenvalue weighted by Gasteiger charge is 2.31. The van der Waals surface area contributed by atoms with Crippen molar-refractivity contribution in [2.75, 3.05) is 6.54 Å². The molecule has 1 amide bonds. The third-order valence-electron chi connectivity index (χ3n) is 4.41. The highest BCUT2D eigenvalue weighted by molar-refractivity contribution is 5.93. The second-order valence-corrected chi connectivity index (χ2v) is 6.44. The molecule has 0 radical (unpaired) electrons. The molecule has 2 heterocycles. The van der Waals surface area contributed by atoms with Gasteiger partial charge < -0.3 is 10.0 Å². The monoisotopic (exact) mass is 331 g/mol. The van der Waals surface area contributed by atoms with E-state index in [0.717, 1.165) is 18.5 Å². The van der Waals surface area contributed by atoms with Crippen LogP contribution in [0.4, 0.5) is 4.39 Å². The smallest absolute Gasteiger partial charge is 0.274 e. The van der Waals surface area contributed by atoms with Gasteiger partial charge in [-0.05, 0) is 57.4 Å². The number of aliphatic hydroxyl groups is 1. The maximum absolute atomic E-state index is 13.4. The summed E-state index contributed by atoms with van der Waals surface area (Å²) in [6, 6.07) is 7.91. The number of aliphatic hydroxyl groups excluding tert-OH is 1. The lowest BCUT2D eigenvalue weighted by molar-refractivity contribution is 0.0676. The lowest BCUT2D eigenvalue weighted by Gasteiger charge is -2.24. The van der Waals surface area contributed by atoms with Crippen LogP contribution in [0.25, 0.3) is 5.69 Å². The fraction of sp³-hybridized carbons (Fsp3) is 0.444. The minimum atomic E-state index is -0.435. The molecule has 6 heteroatoms. The third kappa shape index (κ3) is 3.33.